The van der Waals surface area contributed by atoms with Gasteiger partial charge < -0.3 is 9.47 Å². The lowest BCUT2D eigenvalue weighted by molar-refractivity contribution is 0.102. The lowest BCUT2D eigenvalue weighted by Crippen LogP contribution is -2.22. The number of para-hydroxylation sites is 1. The minimum absolute atomic E-state index is 0.0779. The molecule has 164 valence electrons. The van der Waals surface area contributed by atoms with Crippen molar-refractivity contribution in [3.8, 4) is 5.75 Å². The molecule has 0 saturated carbocycles. The van der Waals surface area contributed by atoms with Crippen molar-refractivity contribution >= 4 is 34.1 Å². The van der Waals surface area contributed by atoms with Crippen molar-refractivity contribution in [2.24, 2.45) is 0 Å². The van der Waals surface area contributed by atoms with Gasteiger partial charge >= 0.3 is 0 Å². The summed E-state index contributed by atoms with van der Waals surface area (Å²) in [6.07, 6.45) is 5.06. The molecule has 0 aliphatic rings. The quantitative estimate of drug-likeness (QED) is 0.152. The number of aromatic nitrogens is 2. The SMILES string of the molecule is C=CC(=CC=C(C)OC)n1c(SCC(=O)c2ccc(OC)cc2)nc2ccccc2c1=O. The van der Waals surface area contributed by atoms with Gasteiger partial charge in [-0.25, -0.2) is 4.98 Å². The van der Waals surface area contributed by atoms with Gasteiger partial charge in [0.2, 0.25) is 0 Å². The van der Waals surface area contributed by atoms with Crippen LogP contribution in [0.25, 0.3) is 16.6 Å². The van der Waals surface area contributed by atoms with Gasteiger partial charge in [0.05, 0.1) is 42.3 Å². The molecule has 0 unspecified atom stereocenters. The molecule has 0 aliphatic carbocycles. The fraction of sp³-hybridized carbons (Fsp3) is 0.160. The lowest BCUT2D eigenvalue weighted by atomic mass is 10.1. The number of allylic oxidation sites excluding steroid dienone is 5. The van der Waals surface area contributed by atoms with Gasteiger partial charge in [0, 0.05) is 5.56 Å². The minimum atomic E-state index is -0.232. The number of ether oxygens (including phenoxy) is 2. The standard InChI is InChI=1S/C25H24N2O4S/c1-5-19(13-10-17(2)30-3)27-24(29)21-8-6-7-9-22(21)26-25(27)32-16-23(28)18-11-14-20(31-4)15-12-18/h5-15H,1,16H2,2-4H3. The maximum absolute atomic E-state index is 13.3. The summed E-state index contributed by atoms with van der Waals surface area (Å²) < 4.78 is 11.8. The third kappa shape index (κ3) is 5.18. The summed E-state index contributed by atoms with van der Waals surface area (Å²) >= 11 is 1.20. The molecule has 0 bridgehead atoms. The van der Waals surface area contributed by atoms with Crippen molar-refractivity contribution in [2.45, 2.75) is 12.1 Å². The molecule has 32 heavy (non-hydrogen) atoms. The van der Waals surface area contributed by atoms with E-state index < -0.39 is 0 Å². The van der Waals surface area contributed by atoms with Crippen molar-refractivity contribution in [1.29, 1.82) is 0 Å². The zero-order chi connectivity index (χ0) is 23.1. The van der Waals surface area contributed by atoms with Crippen LogP contribution >= 0.6 is 11.8 Å². The first-order valence-corrected chi connectivity index (χ1v) is 10.8. The van der Waals surface area contributed by atoms with Crippen LogP contribution in [0.1, 0.15) is 17.3 Å². The van der Waals surface area contributed by atoms with Gasteiger partial charge in [-0.1, -0.05) is 30.5 Å². The van der Waals surface area contributed by atoms with Gasteiger partial charge in [0.1, 0.15) is 5.75 Å². The van der Waals surface area contributed by atoms with Crippen LogP contribution in [0.5, 0.6) is 5.75 Å². The Bertz CT molecular complexity index is 1260. The number of methoxy groups -OCH3 is 2. The molecular weight excluding hydrogens is 424 g/mol. The van der Waals surface area contributed by atoms with Crippen molar-refractivity contribution in [2.75, 3.05) is 20.0 Å². The average Bonchev–Trinajstić information content (AvgIpc) is 2.83. The van der Waals surface area contributed by atoms with E-state index >= 15 is 0 Å². The molecule has 2 aromatic carbocycles. The van der Waals surface area contributed by atoms with E-state index in [0.717, 1.165) is 0 Å². The molecule has 1 aromatic heterocycles. The smallest absolute Gasteiger partial charge is 0.266 e. The number of rotatable bonds is 9. The normalized spacial score (nSPS) is 12.0. The van der Waals surface area contributed by atoms with Gasteiger partial charge in [0.15, 0.2) is 10.9 Å². The molecule has 7 heteroatoms. The molecule has 0 amide bonds. The van der Waals surface area contributed by atoms with Gasteiger partial charge in [-0.3, -0.25) is 14.2 Å². The number of carbonyl (C=O) groups is 1. The Labute approximate surface area is 190 Å². The van der Waals surface area contributed by atoms with E-state index in [9.17, 15) is 9.59 Å². The Kier molecular flexibility index (Phi) is 7.68. The van der Waals surface area contributed by atoms with E-state index in [4.69, 9.17) is 9.47 Å². The Morgan fingerprint density at radius 2 is 1.84 bits per heavy atom. The molecule has 0 saturated heterocycles. The number of hydrogen-bond acceptors (Lipinski definition) is 6. The van der Waals surface area contributed by atoms with Crippen LogP contribution in [0.4, 0.5) is 0 Å². The topological polar surface area (TPSA) is 70.4 Å². The van der Waals surface area contributed by atoms with E-state index in [2.05, 4.69) is 11.6 Å². The molecule has 0 spiro atoms. The predicted octanol–water partition coefficient (Wildman–Crippen LogP) is 4.96. The number of fused-ring (bicyclic) bond motifs is 1. The molecule has 3 rings (SSSR count). The Balaban J connectivity index is 2.02. The maximum atomic E-state index is 13.3. The van der Waals surface area contributed by atoms with E-state index in [1.165, 1.54) is 16.3 Å². The molecule has 0 atom stereocenters. The summed E-state index contributed by atoms with van der Waals surface area (Å²) in [4.78, 5) is 30.7. The number of nitrogens with zero attached hydrogens (tertiary/aromatic N) is 2. The first-order valence-electron chi connectivity index (χ1n) is 9.85. The molecule has 0 aliphatic heterocycles. The van der Waals surface area contributed by atoms with Crippen LogP contribution in [0.2, 0.25) is 0 Å². The molecular formula is C25H24N2O4S. The van der Waals surface area contributed by atoms with Crippen molar-refractivity contribution < 1.29 is 14.3 Å². The highest BCUT2D eigenvalue weighted by Crippen LogP contribution is 2.23. The first-order chi connectivity index (χ1) is 15.5. The van der Waals surface area contributed by atoms with Crippen molar-refractivity contribution in [3.63, 3.8) is 0 Å². The molecule has 0 fully saturated rings. The van der Waals surface area contributed by atoms with Crippen LogP contribution < -0.4 is 10.3 Å². The number of thioether (sulfide) groups is 1. The third-order valence-corrected chi connectivity index (χ3v) is 5.71. The van der Waals surface area contributed by atoms with Crippen LogP contribution in [-0.2, 0) is 4.74 Å². The zero-order valence-electron chi connectivity index (χ0n) is 18.2. The maximum Gasteiger partial charge on any atom is 0.266 e. The second-order valence-corrected chi connectivity index (χ2v) is 7.71. The van der Waals surface area contributed by atoms with Gasteiger partial charge in [0.25, 0.3) is 5.56 Å². The summed E-state index contributed by atoms with van der Waals surface area (Å²) in [7, 11) is 3.15. The number of carbonyl (C=O) groups excluding carboxylic acids is 1. The third-order valence-electron chi connectivity index (χ3n) is 4.77. The second-order valence-electron chi connectivity index (χ2n) is 6.77. The van der Waals surface area contributed by atoms with Gasteiger partial charge in [-0.05, 0) is 61.5 Å². The number of Topliss-reactive ketones (excluding diaryl/α,β-unsaturated/α-hetero) is 1. The average molecular weight is 449 g/mol. The zero-order valence-corrected chi connectivity index (χ0v) is 19.0. The Morgan fingerprint density at radius 1 is 1.12 bits per heavy atom. The summed E-state index contributed by atoms with van der Waals surface area (Å²) in [5, 5.41) is 0.892. The van der Waals surface area contributed by atoms with Gasteiger partial charge in [-0.2, -0.15) is 0 Å². The molecule has 1 heterocycles. The monoisotopic (exact) mass is 448 g/mol. The number of benzene rings is 2. The number of hydrogen-bond donors (Lipinski definition) is 0. The van der Waals surface area contributed by atoms with Crippen molar-refractivity contribution in [3.05, 3.63) is 95.0 Å². The summed E-state index contributed by atoms with van der Waals surface area (Å²) in [5.74, 6) is 1.40. The molecule has 3 aromatic rings. The highest BCUT2D eigenvalue weighted by atomic mass is 32.2. The van der Waals surface area contributed by atoms with E-state index in [0.29, 0.717) is 38.8 Å². The minimum Gasteiger partial charge on any atom is -0.501 e. The van der Waals surface area contributed by atoms with Crippen LogP contribution in [-0.4, -0.2) is 35.3 Å². The molecule has 0 radical (unpaired) electrons. The summed E-state index contributed by atoms with van der Waals surface area (Å²) in [5.41, 5.74) is 1.43. The van der Waals surface area contributed by atoms with E-state index in [1.807, 2.05) is 13.0 Å². The molecule has 0 N–H and O–H groups in total. The highest BCUT2D eigenvalue weighted by molar-refractivity contribution is 7.99. The van der Waals surface area contributed by atoms with Gasteiger partial charge in [-0.15, -0.1) is 0 Å². The Morgan fingerprint density at radius 3 is 2.50 bits per heavy atom. The van der Waals surface area contributed by atoms with Crippen molar-refractivity contribution in [1.82, 2.24) is 9.55 Å². The molecule has 6 nitrogen and oxygen atoms in total. The summed E-state index contributed by atoms with van der Waals surface area (Å²) in [6.45, 7) is 5.66. The second kappa shape index (κ2) is 10.6. The highest BCUT2D eigenvalue weighted by Gasteiger charge is 2.16. The fourth-order valence-corrected chi connectivity index (χ4v) is 3.84. The van der Waals surface area contributed by atoms with Crippen LogP contribution in [0, 0.1) is 0 Å². The predicted molar refractivity (Wildman–Crippen MR) is 129 cm³/mol. The van der Waals surface area contributed by atoms with Crippen LogP contribution in [0.3, 0.4) is 0 Å². The van der Waals surface area contributed by atoms with Crippen LogP contribution in [0.15, 0.2) is 89.0 Å². The fourth-order valence-electron chi connectivity index (χ4n) is 2.93. The largest absolute Gasteiger partial charge is 0.501 e. The van der Waals surface area contributed by atoms with E-state index in [1.54, 1.807) is 74.9 Å². The van der Waals surface area contributed by atoms with E-state index in [-0.39, 0.29) is 17.1 Å². The number of ketones is 1. The lowest BCUT2D eigenvalue weighted by Gasteiger charge is -2.13. The first kappa shape index (κ1) is 23.1. The summed E-state index contributed by atoms with van der Waals surface area (Å²) in [6, 6.07) is 14.0. The Hall–Kier alpha value is -3.58.